The molecule has 26 heavy (non-hydrogen) atoms. The van der Waals surface area contributed by atoms with Crippen LogP contribution >= 0.6 is 11.3 Å². The fourth-order valence-corrected chi connectivity index (χ4v) is 8.00. The largest absolute Gasteiger partial charge is 0.403 e. The van der Waals surface area contributed by atoms with Crippen LogP contribution in [0.3, 0.4) is 0 Å². The SMILES string of the molecule is CC[Si](CC)(CC)O[C@@H]1C(=O)N(C(=O)c2cccs2)[C@@H]1C1CCCCC1. The van der Waals surface area contributed by atoms with Gasteiger partial charge in [0.2, 0.25) is 0 Å². The summed E-state index contributed by atoms with van der Waals surface area (Å²) in [5.41, 5.74) is 0. The van der Waals surface area contributed by atoms with Crippen LogP contribution in [0.5, 0.6) is 0 Å². The predicted molar refractivity (Wildman–Crippen MR) is 108 cm³/mol. The fourth-order valence-electron chi connectivity index (χ4n) is 4.56. The number of hydrogen-bond acceptors (Lipinski definition) is 4. The van der Waals surface area contributed by atoms with Crippen molar-refractivity contribution in [1.82, 2.24) is 4.90 Å². The highest BCUT2D eigenvalue weighted by Gasteiger charge is 2.56. The second-order valence-electron chi connectivity index (χ2n) is 7.66. The molecule has 2 amide bonds. The second kappa shape index (κ2) is 8.36. The minimum atomic E-state index is -1.88. The summed E-state index contributed by atoms with van der Waals surface area (Å²) in [7, 11) is -1.88. The van der Waals surface area contributed by atoms with Gasteiger partial charge in [-0.25, -0.2) is 0 Å². The quantitative estimate of drug-likeness (QED) is 0.369. The van der Waals surface area contributed by atoms with Crippen molar-refractivity contribution in [1.29, 1.82) is 0 Å². The van der Waals surface area contributed by atoms with Crippen LogP contribution in [-0.2, 0) is 9.22 Å². The number of β-lactam (4-membered cyclic amide) rings is 1. The van der Waals surface area contributed by atoms with Crippen LogP contribution < -0.4 is 0 Å². The van der Waals surface area contributed by atoms with Gasteiger partial charge in [-0.1, -0.05) is 46.1 Å². The van der Waals surface area contributed by atoms with Crippen LogP contribution in [0.4, 0.5) is 0 Å². The van der Waals surface area contributed by atoms with E-state index >= 15 is 0 Å². The number of carbonyl (C=O) groups excluding carboxylic acids is 2. The van der Waals surface area contributed by atoms with Gasteiger partial charge in [-0.3, -0.25) is 14.5 Å². The van der Waals surface area contributed by atoms with Gasteiger partial charge in [0.25, 0.3) is 11.8 Å². The van der Waals surface area contributed by atoms with E-state index in [4.69, 9.17) is 4.43 Å². The highest BCUT2D eigenvalue weighted by molar-refractivity contribution is 7.12. The molecule has 0 unspecified atom stereocenters. The Labute approximate surface area is 162 Å². The molecule has 144 valence electrons. The molecule has 1 aromatic heterocycles. The van der Waals surface area contributed by atoms with E-state index in [1.165, 1.54) is 35.5 Å². The number of likely N-dealkylation sites (tertiary alicyclic amines) is 1. The summed E-state index contributed by atoms with van der Waals surface area (Å²) < 4.78 is 6.60. The Hall–Kier alpha value is -0.983. The Morgan fingerprint density at radius 3 is 2.38 bits per heavy atom. The van der Waals surface area contributed by atoms with Gasteiger partial charge in [0.05, 0.1) is 10.9 Å². The van der Waals surface area contributed by atoms with Crippen LogP contribution in [-0.4, -0.2) is 37.2 Å². The lowest BCUT2D eigenvalue weighted by molar-refractivity contribution is -0.163. The van der Waals surface area contributed by atoms with Crippen molar-refractivity contribution in [3.8, 4) is 0 Å². The predicted octanol–water partition coefficient (Wildman–Crippen LogP) is 5.07. The Bertz CT molecular complexity index is 615. The molecule has 3 rings (SSSR count). The number of rotatable bonds is 7. The molecule has 1 saturated heterocycles. The molecule has 1 aliphatic heterocycles. The molecule has 0 N–H and O–H groups in total. The minimum Gasteiger partial charge on any atom is -0.403 e. The van der Waals surface area contributed by atoms with E-state index in [-0.39, 0.29) is 17.9 Å². The molecular weight excluding hydrogens is 362 g/mol. The number of amides is 2. The average Bonchev–Trinajstić information content (AvgIpc) is 3.22. The smallest absolute Gasteiger partial charge is 0.270 e. The van der Waals surface area contributed by atoms with Crippen molar-refractivity contribution in [3.05, 3.63) is 22.4 Å². The highest BCUT2D eigenvalue weighted by Crippen LogP contribution is 2.40. The first-order chi connectivity index (χ1) is 12.6. The third kappa shape index (κ3) is 3.56. The lowest BCUT2D eigenvalue weighted by Gasteiger charge is -2.52. The van der Waals surface area contributed by atoms with Crippen LogP contribution in [0, 0.1) is 5.92 Å². The monoisotopic (exact) mass is 393 g/mol. The first-order valence-corrected chi connectivity index (χ1v) is 13.6. The van der Waals surface area contributed by atoms with Crippen LogP contribution in [0.2, 0.25) is 18.1 Å². The number of nitrogens with zero attached hydrogens (tertiary/aromatic N) is 1. The van der Waals surface area contributed by atoms with E-state index in [1.54, 1.807) is 0 Å². The van der Waals surface area contributed by atoms with Crippen LogP contribution in [0.25, 0.3) is 0 Å². The van der Waals surface area contributed by atoms with Gasteiger partial charge < -0.3 is 4.43 Å². The molecule has 4 nitrogen and oxygen atoms in total. The zero-order valence-corrected chi connectivity index (χ0v) is 18.0. The topological polar surface area (TPSA) is 46.6 Å². The third-order valence-corrected chi connectivity index (χ3v) is 12.0. The van der Waals surface area contributed by atoms with Gasteiger partial charge in [-0.05, 0) is 48.3 Å². The molecule has 0 radical (unpaired) electrons. The number of thiophene rings is 1. The first-order valence-electron chi connectivity index (χ1n) is 10.2. The van der Waals surface area contributed by atoms with Crippen molar-refractivity contribution in [3.63, 3.8) is 0 Å². The van der Waals surface area contributed by atoms with Crippen molar-refractivity contribution >= 4 is 31.5 Å². The van der Waals surface area contributed by atoms with Crippen molar-refractivity contribution in [2.75, 3.05) is 0 Å². The van der Waals surface area contributed by atoms with Crippen molar-refractivity contribution in [2.45, 2.75) is 83.2 Å². The first kappa shape index (κ1) is 19.8. The van der Waals surface area contributed by atoms with E-state index in [0.29, 0.717) is 10.8 Å². The molecule has 1 aromatic rings. The molecule has 6 heteroatoms. The normalized spacial score (nSPS) is 24.6. The van der Waals surface area contributed by atoms with E-state index in [9.17, 15) is 9.59 Å². The Balaban J connectivity index is 1.84. The third-order valence-electron chi connectivity index (χ3n) is 6.48. The summed E-state index contributed by atoms with van der Waals surface area (Å²) in [5.74, 6) is 0.163. The highest BCUT2D eigenvalue weighted by atomic mass is 32.1. The molecule has 2 fully saturated rings. The summed E-state index contributed by atoms with van der Waals surface area (Å²) in [6.45, 7) is 6.56. The lowest BCUT2D eigenvalue weighted by atomic mass is 9.77. The van der Waals surface area contributed by atoms with E-state index in [0.717, 1.165) is 31.0 Å². The number of carbonyl (C=O) groups is 2. The van der Waals surface area contributed by atoms with Gasteiger partial charge in [0.1, 0.15) is 6.10 Å². The van der Waals surface area contributed by atoms with Gasteiger partial charge in [0, 0.05) is 0 Å². The molecule has 1 aliphatic carbocycles. The maximum Gasteiger partial charge on any atom is 0.270 e. The fraction of sp³-hybridized carbons (Fsp3) is 0.700. The second-order valence-corrected chi connectivity index (χ2v) is 13.3. The number of imide groups is 1. The van der Waals surface area contributed by atoms with Gasteiger partial charge in [-0.2, -0.15) is 0 Å². The zero-order valence-electron chi connectivity index (χ0n) is 16.2. The minimum absolute atomic E-state index is 0.0612. The summed E-state index contributed by atoms with van der Waals surface area (Å²) >= 11 is 1.41. The van der Waals surface area contributed by atoms with E-state index < -0.39 is 14.4 Å². The molecule has 0 bridgehead atoms. The van der Waals surface area contributed by atoms with E-state index in [2.05, 4.69) is 20.8 Å². The summed E-state index contributed by atoms with van der Waals surface area (Å²) in [5, 5.41) is 1.89. The summed E-state index contributed by atoms with van der Waals surface area (Å²) in [6.07, 6.45) is 5.46. The maximum atomic E-state index is 13.0. The van der Waals surface area contributed by atoms with Gasteiger partial charge in [-0.15, -0.1) is 11.3 Å². The van der Waals surface area contributed by atoms with Gasteiger partial charge >= 0.3 is 0 Å². The Morgan fingerprint density at radius 1 is 1.19 bits per heavy atom. The summed E-state index contributed by atoms with van der Waals surface area (Å²) in [4.78, 5) is 28.1. The van der Waals surface area contributed by atoms with Crippen LogP contribution in [0.1, 0.15) is 62.5 Å². The number of hydrogen-bond donors (Lipinski definition) is 0. The van der Waals surface area contributed by atoms with Crippen molar-refractivity contribution < 1.29 is 14.0 Å². The maximum absolute atomic E-state index is 13.0. The molecule has 0 spiro atoms. The standard InChI is InChI=1S/C20H31NO3SSi/c1-4-26(5-2,6-3)24-18-17(15-11-8-7-9-12-15)21(20(18)23)19(22)16-13-10-14-25-16/h10,13-15,17-18H,4-9,11-12H2,1-3H3/t17-,18+/m1/s1. The molecule has 2 heterocycles. The Kier molecular flexibility index (Phi) is 6.36. The van der Waals surface area contributed by atoms with E-state index in [1.807, 2.05) is 17.5 Å². The average molecular weight is 394 g/mol. The Morgan fingerprint density at radius 2 is 1.85 bits per heavy atom. The van der Waals surface area contributed by atoms with Gasteiger partial charge in [0.15, 0.2) is 8.32 Å². The molecule has 2 aliphatic rings. The van der Waals surface area contributed by atoms with Crippen LogP contribution in [0.15, 0.2) is 17.5 Å². The summed E-state index contributed by atoms with van der Waals surface area (Å²) in [6, 6.07) is 6.71. The molecule has 2 atom stereocenters. The molecule has 1 saturated carbocycles. The lowest BCUT2D eigenvalue weighted by Crippen LogP contribution is -2.71. The molecule has 0 aromatic carbocycles. The molecular formula is C20H31NO3SSi. The zero-order chi connectivity index (χ0) is 18.7. The van der Waals surface area contributed by atoms with Crippen molar-refractivity contribution in [2.24, 2.45) is 5.92 Å².